The molecule has 4 rings (SSSR count). The molecule has 3 aromatic carbocycles. The zero-order chi connectivity index (χ0) is 22.0. The Balaban J connectivity index is 1.52. The molecule has 8 heteroatoms. The summed E-state index contributed by atoms with van der Waals surface area (Å²) < 4.78 is 33.2. The smallest absolute Gasteiger partial charge is 0.270 e. The van der Waals surface area contributed by atoms with Crippen LogP contribution in [0.2, 0.25) is 5.02 Å². The Morgan fingerprint density at radius 3 is 2.55 bits per heavy atom. The molecule has 3 aromatic rings. The van der Waals surface area contributed by atoms with Gasteiger partial charge in [-0.1, -0.05) is 53.8 Å². The SMILES string of the molecule is O=C1/C(=C\c2cccc(OCc3c(F)cccc3Cl)c2)SC(=S)N1c1ccc(F)cc1. The van der Waals surface area contributed by atoms with E-state index in [4.69, 9.17) is 28.6 Å². The van der Waals surface area contributed by atoms with Gasteiger partial charge in [-0.25, -0.2) is 8.78 Å². The Morgan fingerprint density at radius 1 is 1.06 bits per heavy atom. The second-order valence-electron chi connectivity index (χ2n) is 6.55. The van der Waals surface area contributed by atoms with E-state index in [1.807, 2.05) is 6.07 Å². The van der Waals surface area contributed by atoms with E-state index in [0.29, 0.717) is 25.7 Å². The quantitative estimate of drug-likeness (QED) is 0.308. The third kappa shape index (κ3) is 4.79. The molecule has 0 atom stereocenters. The molecule has 1 saturated heterocycles. The third-order valence-electron chi connectivity index (χ3n) is 4.48. The highest BCUT2D eigenvalue weighted by atomic mass is 35.5. The number of ether oxygens (including phenoxy) is 1. The van der Waals surface area contributed by atoms with Crippen molar-refractivity contribution in [1.29, 1.82) is 0 Å². The van der Waals surface area contributed by atoms with E-state index in [1.165, 1.54) is 41.3 Å². The van der Waals surface area contributed by atoms with E-state index in [9.17, 15) is 13.6 Å². The number of nitrogens with zero attached hydrogens (tertiary/aromatic N) is 1. The molecule has 0 unspecified atom stereocenters. The van der Waals surface area contributed by atoms with Crippen LogP contribution in [-0.2, 0) is 11.4 Å². The predicted octanol–water partition coefficient (Wildman–Crippen LogP) is 6.60. The van der Waals surface area contributed by atoms with Crippen molar-refractivity contribution in [2.75, 3.05) is 4.90 Å². The number of hydrogen-bond donors (Lipinski definition) is 0. The van der Waals surface area contributed by atoms with Crippen LogP contribution in [0.5, 0.6) is 5.75 Å². The van der Waals surface area contributed by atoms with Gasteiger partial charge in [0.2, 0.25) is 0 Å². The Labute approximate surface area is 192 Å². The Hall–Kier alpha value is -2.74. The standard InChI is InChI=1S/C23H14ClF2NO2S2/c24-19-5-2-6-20(26)18(19)13-29-17-4-1-3-14(11-17)12-21-22(28)27(23(30)31-21)16-9-7-15(25)8-10-16/h1-12H,13H2/b21-12+. The van der Waals surface area contributed by atoms with Crippen LogP contribution in [0.15, 0.2) is 71.6 Å². The van der Waals surface area contributed by atoms with Crippen molar-refractivity contribution < 1.29 is 18.3 Å². The van der Waals surface area contributed by atoms with Gasteiger partial charge in [0.05, 0.1) is 15.6 Å². The van der Waals surface area contributed by atoms with Crippen LogP contribution in [0.4, 0.5) is 14.5 Å². The lowest BCUT2D eigenvalue weighted by Crippen LogP contribution is -2.27. The Bertz CT molecular complexity index is 1180. The molecule has 1 fully saturated rings. The van der Waals surface area contributed by atoms with Crippen LogP contribution in [-0.4, -0.2) is 10.2 Å². The third-order valence-corrected chi connectivity index (χ3v) is 6.14. The molecule has 156 valence electrons. The van der Waals surface area contributed by atoms with Gasteiger partial charge in [0.25, 0.3) is 5.91 Å². The lowest BCUT2D eigenvalue weighted by molar-refractivity contribution is -0.113. The van der Waals surface area contributed by atoms with Crippen molar-refractivity contribution in [2.45, 2.75) is 6.61 Å². The molecular weight excluding hydrogens is 460 g/mol. The maximum absolute atomic E-state index is 13.9. The molecule has 1 heterocycles. The van der Waals surface area contributed by atoms with Crippen molar-refractivity contribution in [1.82, 2.24) is 0 Å². The molecule has 1 amide bonds. The van der Waals surface area contributed by atoms with Crippen molar-refractivity contribution in [3.8, 4) is 5.75 Å². The summed E-state index contributed by atoms with van der Waals surface area (Å²) in [7, 11) is 0. The summed E-state index contributed by atoms with van der Waals surface area (Å²) in [5, 5.41) is 0.292. The van der Waals surface area contributed by atoms with Gasteiger partial charge in [-0.2, -0.15) is 0 Å². The molecule has 0 bridgehead atoms. The molecule has 0 N–H and O–H groups in total. The van der Waals surface area contributed by atoms with Crippen LogP contribution in [0.25, 0.3) is 6.08 Å². The number of benzene rings is 3. The number of carbonyl (C=O) groups is 1. The molecule has 1 aliphatic rings. The average molecular weight is 474 g/mol. The Kier molecular flexibility index (Phi) is 6.36. The lowest BCUT2D eigenvalue weighted by atomic mass is 10.2. The number of thiocarbonyl (C=S) groups is 1. The minimum Gasteiger partial charge on any atom is -0.489 e. The summed E-state index contributed by atoms with van der Waals surface area (Å²) in [6, 6.07) is 17.1. The monoisotopic (exact) mass is 473 g/mol. The zero-order valence-corrected chi connectivity index (χ0v) is 18.2. The first kappa shape index (κ1) is 21.5. The number of carbonyl (C=O) groups excluding carboxylic acids is 1. The largest absolute Gasteiger partial charge is 0.489 e. The zero-order valence-electron chi connectivity index (χ0n) is 15.8. The fourth-order valence-corrected chi connectivity index (χ4v) is 4.47. The summed E-state index contributed by atoms with van der Waals surface area (Å²) in [4.78, 5) is 14.6. The van der Waals surface area contributed by atoms with E-state index in [-0.39, 0.29) is 18.1 Å². The molecule has 0 saturated carbocycles. The Morgan fingerprint density at radius 2 is 1.81 bits per heavy atom. The molecular formula is C23H14ClF2NO2S2. The average Bonchev–Trinajstić information content (AvgIpc) is 3.02. The normalized spacial score (nSPS) is 15.1. The van der Waals surface area contributed by atoms with Gasteiger partial charge in [0, 0.05) is 5.56 Å². The summed E-state index contributed by atoms with van der Waals surface area (Å²) in [6.45, 7) is -0.0261. The number of thioether (sulfide) groups is 1. The van der Waals surface area contributed by atoms with Crippen LogP contribution in [0, 0.1) is 11.6 Å². The van der Waals surface area contributed by atoms with Crippen molar-refractivity contribution in [3.63, 3.8) is 0 Å². The van der Waals surface area contributed by atoms with E-state index < -0.39 is 11.6 Å². The fourth-order valence-electron chi connectivity index (χ4n) is 2.95. The van der Waals surface area contributed by atoms with Crippen LogP contribution < -0.4 is 9.64 Å². The van der Waals surface area contributed by atoms with Gasteiger partial charge in [0.1, 0.15) is 24.0 Å². The summed E-state index contributed by atoms with van der Waals surface area (Å²) >= 11 is 12.5. The molecule has 0 aromatic heterocycles. The van der Waals surface area contributed by atoms with Crippen LogP contribution in [0.1, 0.15) is 11.1 Å². The summed E-state index contributed by atoms with van der Waals surface area (Å²) in [5.41, 5.74) is 1.50. The first-order valence-electron chi connectivity index (χ1n) is 9.11. The topological polar surface area (TPSA) is 29.5 Å². The molecule has 3 nitrogen and oxygen atoms in total. The van der Waals surface area contributed by atoms with Gasteiger partial charge in [-0.15, -0.1) is 0 Å². The van der Waals surface area contributed by atoms with Gasteiger partial charge < -0.3 is 4.74 Å². The van der Waals surface area contributed by atoms with E-state index in [2.05, 4.69) is 0 Å². The highest BCUT2D eigenvalue weighted by Gasteiger charge is 2.33. The van der Waals surface area contributed by atoms with E-state index in [0.717, 1.165) is 17.3 Å². The molecule has 0 spiro atoms. The minimum atomic E-state index is -0.437. The van der Waals surface area contributed by atoms with Crippen molar-refractivity contribution >= 4 is 57.6 Å². The number of rotatable bonds is 5. The number of hydrogen-bond acceptors (Lipinski definition) is 4. The number of amides is 1. The maximum Gasteiger partial charge on any atom is 0.270 e. The van der Waals surface area contributed by atoms with Gasteiger partial charge in [0.15, 0.2) is 4.32 Å². The maximum atomic E-state index is 13.9. The number of anilines is 1. The van der Waals surface area contributed by atoms with Crippen LogP contribution in [0.3, 0.4) is 0 Å². The number of halogens is 3. The first-order chi connectivity index (χ1) is 14.9. The first-order valence-corrected chi connectivity index (χ1v) is 10.7. The second-order valence-corrected chi connectivity index (χ2v) is 8.64. The second kappa shape index (κ2) is 9.18. The van der Waals surface area contributed by atoms with E-state index in [1.54, 1.807) is 30.3 Å². The van der Waals surface area contributed by atoms with Crippen molar-refractivity contribution in [3.05, 3.63) is 99.4 Å². The fraction of sp³-hybridized carbons (Fsp3) is 0.0435. The summed E-state index contributed by atoms with van der Waals surface area (Å²) in [5.74, 6) is -0.612. The van der Waals surface area contributed by atoms with Gasteiger partial charge >= 0.3 is 0 Å². The summed E-state index contributed by atoms with van der Waals surface area (Å²) in [6.07, 6.45) is 1.70. The molecule has 0 radical (unpaired) electrons. The highest BCUT2D eigenvalue weighted by Crippen LogP contribution is 2.36. The van der Waals surface area contributed by atoms with Crippen LogP contribution >= 0.6 is 35.6 Å². The minimum absolute atomic E-state index is 0.0261. The molecule has 31 heavy (non-hydrogen) atoms. The van der Waals surface area contributed by atoms with Gasteiger partial charge in [-0.05, 0) is 60.2 Å². The molecule has 0 aliphatic carbocycles. The van der Waals surface area contributed by atoms with Gasteiger partial charge in [-0.3, -0.25) is 9.69 Å². The molecule has 1 aliphatic heterocycles. The van der Waals surface area contributed by atoms with Crippen molar-refractivity contribution in [2.24, 2.45) is 0 Å². The van der Waals surface area contributed by atoms with E-state index >= 15 is 0 Å². The lowest BCUT2D eigenvalue weighted by Gasteiger charge is -2.14. The predicted molar refractivity (Wildman–Crippen MR) is 124 cm³/mol. The highest BCUT2D eigenvalue weighted by molar-refractivity contribution is 8.27.